The summed E-state index contributed by atoms with van der Waals surface area (Å²) in [6.07, 6.45) is 4.28. The predicted octanol–water partition coefficient (Wildman–Crippen LogP) is 8.30. The topological polar surface area (TPSA) is 66.4 Å². The van der Waals surface area contributed by atoms with Crippen LogP contribution in [0.2, 0.25) is 16.6 Å². The largest absolute Gasteiger partial charge is 0.546 e. The van der Waals surface area contributed by atoms with Crippen molar-refractivity contribution in [3.63, 3.8) is 0 Å². The molecule has 0 unspecified atom stereocenters. The summed E-state index contributed by atoms with van der Waals surface area (Å²) in [7, 11) is -2.19. The minimum absolute atomic E-state index is 0.130. The summed E-state index contributed by atoms with van der Waals surface area (Å²) in [5, 5.41) is 11.1. The molecule has 6 nitrogen and oxygen atoms in total. The molecule has 0 amide bonds. The van der Waals surface area contributed by atoms with Gasteiger partial charge in [0.2, 0.25) is 0 Å². The Balaban J connectivity index is 1.47. The quantitative estimate of drug-likeness (QED) is 0.162. The molecule has 1 saturated heterocycles. The first-order valence-corrected chi connectivity index (χ1v) is 18.4. The van der Waals surface area contributed by atoms with E-state index in [1.807, 2.05) is 36.4 Å². The summed E-state index contributed by atoms with van der Waals surface area (Å²) >= 11 is 0. The molecule has 2 aromatic carbocycles. The first kappa shape index (κ1) is 33.9. The summed E-state index contributed by atoms with van der Waals surface area (Å²) in [6.45, 7) is 16.1. The second-order valence-corrected chi connectivity index (χ2v) is 18.6. The second-order valence-electron chi connectivity index (χ2n) is 13.3. The predicted molar refractivity (Wildman–Crippen MR) is 174 cm³/mol. The van der Waals surface area contributed by atoms with E-state index in [2.05, 4.69) is 71.9 Å². The van der Waals surface area contributed by atoms with Gasteiger partial charge < -0.3 is 28.5 Å². The number of hydrogen-bond donors (Lipinski definition) is 1. The molecule has 0 aliphatic carbocycles. The van der Waals surface area contributed by atoms with E-state index in [9.17, 15) is 5.11 Å². The highest BCUT2D eigenvalue weighted by Gasteiger charge is 2.50. The van der Waals surface area contributed by atoms with Gasteiger partial charge in [-0.2, -0.15) is 0 Å². The molecule has 1 fully saturated rings. The first-order chi connectivity index (χ1) is 20.6. The lowest BCUT2D eigenvalue weighted by molar-refractivity contribution is -0.294. The van der Waals surface area contributed by atoms with Gasteiger partial charge in [-0.15, -0.1) is 0 Å². The third kappa shape index (κ3) is 9.25. The number of benzene rings is 2. The van der Waals surface area contributed by atoms with Crippen LogP contribution in [0.15, 0.2) is 72.5 Å². The first-order valence-electron chi connectivity index (χ1n) is 16.3. The highest BCUT2D eigenvalue weighted by atomic mass is 28.4. The van der Waals surface area contributed by atoms with Crippen LogP contribution in [0.1, 0.15) is 84.8 Å². The summed E-state index contributed by atoms with van der Waals surface area (Å²) in [5.74, 6) is -0.0694. The Hall–Kier alpha value is -2.00. The maximum Gasteiger partial charge on any atom is 0.258 e. The van der Waals surface area contributed by atoms with E-state index in [1.54, 1.807) is 0 Å². The second kappa shape index (κ2) is 15.8. The minimum Gasteiger partial charge on any atom is -0.546 e. The maximum absolute atomic E-state index is 11.1. The summed E-state index contributed by atoms with van der Waals surface area (Å²) in [4.78, 5) is 0. The molecule has 2 aliphatic heterocycles. The average Bonchev–Trinajstić information content (AvgIpc) is 2.96. The monoisotopic (exact) mass is 610 g/mol. The van der Waals surface area contributed by atoms with Gasteiger partial charge in [0, 0.05) is 32.1 Å². The van der Waals surface area contributed by atoms with Crippen molar-refractivity contribution in [3.05, 3.63) is 83.6 Å². The Labute approximate surface area is 260 Å². The van der Waals surface area contributed by atoms with Crippen molar-refractivity contribution in [1.29, 1.82) is 0 Å². The van der Waals surface area contributed by atoms with E-state index in [1.165, 1.54) is 0 Å². The maximum atomic E-state index is 11.1. The molecule has 43 heavy (non-hydrogen) atoms. The fraction of sp³-hybridized carbons (Fsp3) is 0.611. The van der Waals surface area contributed by atoms with Crippen LogP contribution in [0.5, 0.6) is 0 Å². The number of hydrogen-bond acceptors (Lipinski definition) is 6. The van der Waals surface area contributed by atoms with Gasteiger partial charge in [-0.1, -0.05) is 102 Å². The number of ether oxygens (including phenoxy) is 4. The number of rotatable bonds is 15. The van der Waals surface area contributed by atoms with Gasteiger partial charge >= 0.3 is 0 Å². The summed E-state index contributed by atoms with van der Waals surface area (Å²) in [6, 6.07) is 20.4. The lowest BCUT2D eigenvalue weighted by atomic mass is 9.93. The third-order valence-electron chi connectivity index (χ3n) is 9.00. The Kier molecular flexibility index (Phi) is 12.5. The molecule has 238 valence electrons. The van der Waals surface area contributed by atoms with Gasteiger partial charge in [-0.3, -0.25) is 0 Å². The molecule has 1 spiro atoms. The van der Waals surface area contributed by atoms with Crippen LogP contribution in [0.3, 0.4) is 0 Å². The highest BCUT2D eigenvalue weighted by molar-refractivity contribution is 6.77. The summed E-state index contributed by atoms with van der Waals surface area (Å²) in [5.41, 5.74) is 3.66. The zero-order chi connectivity index (χ0) is 30.9. The van der Waals surface area contributed by atoms with Gasteiger partial charge in [0.15, 0.2) is 5.79 Å². The molecule has 0 bridgehead atoms. The Morgan fingerprint density at radius 2 is 1.26 bits per heavy atom. The molecule has 2 aliphatic rings. The van der Waals surface area contributed by atoms with Crippen LogP contribution >= 0.6 is 0 Å². The van der Waals surface area contributed by atoms with E-state index < -0.39 is 20.2 Å². The van der Waals surface area contributed by atoms with Crippen molar-refractivity contribution in [2.75, 3.05) is 13.2 Å². The smallest absolute Gasteiger partial charge is 0.258 e. The van der Waals surface area contributed by atoms with Crippen LogP contribution in [0, 0.1) is 0 Å². The van der Waals surface area contributed by atoms with Gasteiger partial charge in [-0.05, 0) is 47.0 Å². The van der Waals surface area contributed by atoms with Crippen LogP contribution in [0.25, 0.3) is 0 Å². The molecule has 0 aromatic heterocycles. The molecular formula is C36H54O6Si. The van der Waals surface area contributed by atoms with Gasteiger partial charge in [0.05, 0.1) is 37.3 Å². The Morgan fingerprint density at radius 3 is 1.77 bits per heavy atom. The summed E-state index contributed by atoms with van der Waals surface area (Å²) < 4.78 is 32.7. The zero-order valence-corrected chi connectivity index (χ0v) is 28.2. The van der Waals surface area contributed by atoms with E-state index in [4.69, 9.17) is 23.4 Å². The van der Waals surface area contributed by atoms with Crippen molar-refractivity contribution < 1.29 is 28.5 Å². The van der Waals surface area contributed by atoms with Crippen molar-refractivity contribution >= 4 is 8.32 Å². The molecule has 0 saturated carbocycles. The van der Waals surface area contributed by atoms with E-state index in [-0.39, 0.29) is 12.2 Å². The van der Waals surface area contributed by atoms with Gasteiger partial charge in [0.25, 0.3) is 8.32 Å². The highest BCUT2D eigenvalue weighted by Crippen LogP contribution is 2.47. The van der Waals surface area contributed by atoms with Crippen LogP contribution in [-0.2, 0) is 36.6 Å². The third-order valence-corrected chi connectivity index (χ3v) is 15.0. The fourth-order valence-corrected chi connectivity index (χ4v) is 12.4. The van der Waals surface area contributed by atoms with Crippen molar-refractivity contribution in [2.24, 2.45) is 0 Å². The standard InChI is InChI=1S/C36H54O6Si/c1-27(2)43(28(3)4,29(5)6)42-35-22-34(18-20-39-26-31-15-11-8-12-16-31)41-36(24-35)23-32(37)21-33(40-36)17-19-38-25-30-13-9-7-10-14-30/h7-16,24,27-29,32-34,37H,17-23,25-26H2,1-6H3/t32-,33-,34-,36+/m0/s1. The Bertz CT molecular complexity index is 1100. The molecule has 4 atom stereocenters. The van der Waals surface area contributed by atoms with E-state index in [0.29, 0.717) is 68.7 Å². The lowest BCUT2D eigenvalue weighted by Gasteiger charge is -2.48. The number of aliphatic hydroxyl groups is 1. The minimum atomic E-state index is -2.19. The lowest BCUT2D eigenvalue weighted by Crippen LogP contribution is -2.53. The normalized spacial score (nSPS) is 24.6. The SMILES string of the molecule is CC(C)[Si](OC1=C[C@@]2(C[C@@H](O)C[C@H](CCOCc3ccccc3)O2)O[C@@H](CCOCc2ccccc2)C1)(C(C)C)C(C)C. The molecule has 1 N–H and O–H groups in total. The average molecular weight is 611 g/mol. The van der Waals surface area contributed by atoms with Gasteiger partial charge in [-0.25, -0.2) is 0 Å². The van der Waals surface area contributed by atoms with Crippen molar-refractivity contribution in [2.45, 2.75) is 128 Å². The van der Waals surface area contributed by atoms with Crippen LogP contribution in [-0.4, -0.2) is 50.7 Å². The molecular weight excluding hydrogens is 556 g/mol. The fourth-order valence-electron chi connectivity index (χ4n) is 7.10. The van der Waals surface area contributed by atoms with Crippen LogP contribution in [0.4, 0.5) is 0 Å². The van der Waals surface area contributed by atoms with Crippen molar-refractivity contribution in [3.8, 4) is 0 Å². The number of aliphatic hydroxyl groups excluding tert-OH is 1. The molecule has 2 heterocycles. The van der Waals surface area contributed by atoms with E-state index in [0.717, 1.165) is 23.3 Å². The molecule has 0 radical (unpaired) electrons. The molecule has 2 aromatic rings. The zero-order valence-electron chi connectivity index (χ0n) is 27.2. The van der Waals surface area contributed by atoms with E-state index >= 15 is 0 Å². The molecule has 4 rings (SSSR count). The van der Waals surface area contributed by atoms with Crippen molar-refractivity contribution in [1.82, 2.24) is 0 Å². The van der Waals surface area contributed by atoms with Gasteiger partial charge in [0.1, 0.15) is 0 Å². The molecule has 7 heteroatoms. The Morgan fingerprint density at radius 1 is 0.767 bits per heavy atom. The van der Waals surface area contributed by atoms with Crippen LogP contribution < -0.4 is 0 Å².